The van der Waals surface area contributed by atoms with Gasteiger partial charge in [0.1, 0.15) is 19.3 Å². The van der Waals surface area contributed by atoms with Gasteiger partial charge in [-0.3, -0.25) is 37.3 Å². The van der Waals surface area contributed by atoms with Crippen molar-refractivity contribution in [2.75, 3.05) is 39.6 Å². The van der Waals surface area contributed by atoms with Crippen molar-refractivity contribution in [3.05, 3.63) is 0 Å². The van der Waals surface area contributed by atoms with E-state index in [-0.39, 0.29) is 25.7 Å². The molecule has 0 aliphatic rings. The number of phosphoric acid groups is 2. The SMILES string of the molecule is CCCCCCCCCCCCCCCC(=O)O[C@H](COC(=O)CCCCCCCCC)COP(=O)(O)OC[C@H](O)COP(=O)(O)OC[C@@H](COC(=O)CCCCCCCCCCCCC(C)CC)OC(=O)CCCCCCCCCCCCCCCCCCC(C)C. The highest BCUT2D eigenvalue weighted by molar-refractivity contribution is 7.47. The van der Waals surface area contributed by atoms with Crippen LogP contribution in [0.25, 0.3) is 0 Å². The predicted octanol–water partition coefficient (Wildman–Crippen LogP) is 21.6. The fourth-order valence-corrected chi connectivity index (χ4v) is 12.8. The van der Waals surface area contributed by atoms with Crippen LogP contribution >= 0.6 is 15.6 Å². The van der Waals surface area contributed by atoms with E-state index in [1.54, 1.807) is 0 Å². The standard InChI is InChI=1S/C74H144O17P2/c1-7-10-12-14-16-17-18-23-27-34-40-46-52-58-73(78)90-69(62-84-71(76)56-50-44-36-15-13-11-8-2)64-88-92(80,81)86-60-68(75)61-87-93(82,83)89-65-70(63-85-72(77)57-51-45-39-33-30-29-32-38-43-49-55-67(6)9-3)91-74(79)59-53-47-41-35-28-25-22-20-19-21-24-26-31-37-42-48-54-66(4)5/h66-70,75H,7-65H2,1-6H3,(H,80,81)(H,82,83)/t67?,68-,69+,70+/m0/s1. The Morgan fingerprint density at radius 1 is 0.312 bits per heavy atom. The number of ether oxygens (including phenoxy) is 4. The first-order valence-corrected chi connectivity index (χ1v) is 41.5. The van der Waals surface area contributed by atoms with Crippen molar-refractivity contribution in [2.45, 2.75) is 400 Å². The van der Waals surface area contributed by atoms with E-state index < -0.39 is 97.5 Å². The van der Waals surface area contributed by atoms with Crippen LogP contribution in [0.5, 0.6) is 0 Å². The number of esters is 4. The van der Waals surface area contributed by atoms with E-state index in [9.17, 15) is 43.2 Å². The first kappa shape index (κ1) is 91.1. The third-order valence-electron chi connectivity index (χ3n) is 17.6. The Morgan fingerprint density at radius 3 is 0.817 bits per heavy atom. The Morgan fingerprint density at radius 2 is 0.548 bits per heavy atom. The third-order valence-corrected chi connectivity index (χ3v) is 19.5. The molecule has 0 fully saturated rings. The second-order valence-electron chi connectivity index (χ2n) is 27.4. The minimum atomic E-state index is -4.95. The van der Waals surface area contributed by atoms with Crippen molar-refractivity contribution in [3.63, 3.8) is 0 Å². The highest BCUT2D eigenvalue weighted by Crippen LogP contribution is 2.45. The summed E-state index contributed by atoms with van der Waals surface area (Å²) in [4.78, 5) is 72.6. The molecular weight excluding hydrogens is 1220 g/mol. The maximum atomic E-state index is 13.1. The molecule has 93 heavy (non-hydrogen) atoms. The molecule has 0 aromatic heterocycles. The number of hydrogen-bond acceptors (Lipinski definition) is 15. The van der Waals surface area contributed by atoms with E-state index in [1.807, 2.05) is 0 Å². The number of rotatable bonds is 73. The number of carbonyl (C=O) groups is 4. The average molecular weight is 1370 g/mol. The summed E-state index contributed by atoms with van der Waals surface area (Å²) in [7, 11) is -9.90. The number of unbranched alkanes of at least 4 members (excludes halogenated alkanes) is 42. The van der Waals surface area contributed by atoms with E-state index in [1.165, 1.54) is 186 Å². The van der Waals surface area contributed by atoms with Crippen molar-refractivity contribution in [1.29, 1.82) is 0 Å². The molecule has 0 saturated carbocycles. The Labute approximate surface area is 568 Å². The van der Waals surface area contributed by atoms with Crippen molar-refractivity contribution < 1.29 is 80.2 Å². The molecule has 0 rings (SSSR count). The van der Waals surface area contributed by atoms with Gasteiger partial charge >= 0.3 is 39.5 Å². The molecule has 0 amide bonds. The minimum absolute atomic E-state index is 0.107. The zero-order valence-corrected chi connectivity index (χ0v) is 62.3. The Kier molecular flexibility index (Phi) is 64.6. The summed E-state index contributed by atoms with van der Waals surface area (Å²) < 4.78 is 68.3. The lowest BCUT2D eigenvalue weighted by Gasteiger charge is -2.21. The van der Waals surface area contributed by atoms with Gasteiger partial charge in [-0.2, -0.15) is 0 Å². The molecular formula is C74H144O17P2. The van der Waals surface area contributed by atoms with Crippen molar-refractivity contribution in [2.24, 2.45) is 11.8 Å². The first-order chi connectivity index (χ1) is 44.9. The zero-order valence-electron chi connectivity index (χ0n) is 60.6. The summed E-state index contributed by atoms with van der Waals surface area (Å²) in [5, 5.41) is 10.6. The summed E-state index contributed by atoms with van der Waals surface area (Å²) in [5.74, 6) is -0.503. The molecule has 3 N–H and O–H groups in total. The highest BCUT2D eigenvalue weighted by atomic mass is 31.2. The monoisotopic (exact) mass is 1370 g/mol. The molecule has 0 aliphatic carbocycles. The molecule has 0 saturated heterocycles. The molecule has 552 valence electrons. The fraction of sp³-hybridized carbons (Fsp3) is 0.946. The first-order valence-electron chi connectivity index (χ1n) is 38.5. The van der Waals surface area contributed by atoms with Crippen LogP contribution in [0, 0.1) is 11.8 Å². The van der Waals surface area contributed by atoms with Gasteiger partial charge in [-0.1, -0.05) is 330 Å². The van der Waals surface area contributed by atoms with Crippen LogP contribution in [-0.2, 0) is 65.4 Å². The number of aliphatic hydroxyl groups excluding tert-OH is 1. The normalized spacial score (nSPS) is 14.3. The molecule has 3 unspecified atom stereocenters. The van der Waals surface area contributed by atoms with Crippen molar-refractivity contribution >= 4 is 39.5 Å². The minimum Gasteiger partial charge on any atom is -0.462 e. The predicted molar refractivity (Wildman–Crippen MR) is 377 cm³/mol. The zero-order chi connectivity index (χ0) is 68.6. The topological polar surface area (TPSA) is 237 Å². The highest BCUT2D eigenvalue weighted by Gasteiger charge is 2.30. The fourth-order valence-electron chi connectivity index (χ4n) is 11.3. The van der Waals surface area contributed by atoms with Crippen LogP contribution in [0.1, 0.15) is 382 Å². The van der Waals surface area contributed by atoms with Crippen LogP contribution in [0.3, 0.4) is 0 Å². The van der Waals surface area contributed by atoms with Gasteiger partial charge in [-0.05, 0) is 37.5 Å². The molecule has 19 heteroatoms. The number of hydrogen-bond donors (Lipinski definition) is 3. The number of phosphoric ester groups is 2. The smallest absolute Gasteiger partial charge is 0.462 e. The van der Waals surface area contributed by atoms with E-state index in [4.69, 9.17) is 37.0 Å². The molecule has 0 aromatic rings. The van der Waals surface area contributed by atoms with Gasteiger partial charge in [0.2, 0.25) is 0 Å². The molecule has 0 spiro atoms. The van der Waals surface area contributed by atoms with Gasteiger partial charge in [0.15, 0.2) is 12.2 Å². The van der Waals surface area contributed by atoms with Crippen LogP contribution in [0.4, 0.5) is 0 Å². The van der Waals surface area contributed by atoms with Gasteiger partial charge in [-0.15, -0.1) is 0 Å². The van der Waals surface area contributed by atoms with E-state index in [0.717, 1.165) is 115 Å². The van der Waals surface area contributed by atoms with Crippen molar-refractivity contribution in [1.82, 2.24) is 0 Å². The lowest BCUT2D eigenvalue weighted by molar-refractivity contribution is -0.161. The van der Waals surface area contributed by atoms with Crippen LogP contribution in [0.2, 0.25) is 0 Å². The maximum Gasteiger partial charge on any atom is 0.472 e. The van der Waals surface area contributed by atoms with Gasteiger partial charge in [-0.25, -0.2) is 9.13 Å². The lowest BCUT2D eigenvalue weighted by atomic mass is 9.99. The summed E-state index contributed by atoms with van der Waals surface area (Å²) >= 11 is 0. The van der Waals surface area contributed by atoms with Gasteiger partial charge in [0.05, 0.1) is 26.4 Å². The van der Waals surface area contributed by atoms with E-state index >= 15 is 0 Å². The molecule has 0 bridgehead atoms. The number of carbonyl (C=O) groups excluding carboxylic acids is 4. The Bertz CT molecular complexity index is 1810. The van der Waals surface area contributed by atoms with Crippen LogP contribution < -0.4 is 0 Å². The maximum absolute atomic E-state index is 13.1. The summed E-state index contributed by atoms with van der Waals surface area (Å²) in [5.41, 5.74) is 0. The quantitative estimate of drug-likeness (QED) is 0.0222. The molecule has 6 atom stereocenters. The van der Waals surface area contributed by atoms with Gasteiger partial charge in [0, 0.05) is 25.7 Å². The summed E-state index contributed by atoms with van der Waals surface area (Å²) in [6, 6.07) is 0. The summed E-state index contributed by atoms with van der Waals surface area (Å²) in [6.07, 6.45) is 52.7. The lowest BCUT2D eigenvalue weighted by Crippen LogP contribution is -2.30. The molecule has 0 aromatic carbocycles. The van der Waals surface area contributed by atoms with Gasteiger partial charge in [0.25, 0.3) is 0 Å². The average Bonchev–Trinajstić information content (AvgIpc) is 2.80. The largest absolute Gasteiger partial charge is 0.472 e. The Hall–Kier alpha value is -1.94. The van der Waals surface area contributed by atoms with Crippen LogP contribution in [0.15, 0.2) is 0 Å². The molecule has 17 nitrogen and oxygen atoms in total. The molecule has 0 radical (unpaired) electrons. The van der Waals surface area contributed by atoms with Gasteiger partial charge < -0.3 is 33.8 Å². The number of aliphatic hydroxyl groups is 1. The molecule has 0 aliphatic heterocycles. The van der Waals surface area contributed by atoms with Crippen LogP contribution in [-0.4, -0.2) is 96.7 Å². The third kappa shape index (κ3) is 67.0. The Balaban J connectivity index is 5.19. The van der Waals surface area contributed by atoms with E-state index in [2.05, 4.69) is 41.5 Å². The second-order valence-corrected chi connectivity index (χ2v) is 30.3. The summed E-state index contributed by atoms with van der Waals surface area (Å²) in [6.45, 7) is 9.60. The van der Waals surface area contributed by atoms with E-state index in [0.29, 0.717) is 25.7 Å². The second kappa shape index (κ2) is 66.0. The molecule has 0 heterocycles. The van der Waals surface area contributed by atoms with Crippen molar-refractivity contribution in [3.8, 4) is 0 Å².